The number of halogens is 1. The standard InChI is InChI=1S/C17H11BrO3/c18-14-8-4-1-5-10(14)9-13-15(19)11-6-2-3-7-12(11)16(20)17(13)21/h1-8,19H,9H2. The van der Waals surface area contributed by atoms with Gasteiger partial charge >= 0.3 is 0 Å². The van der Waals surface area contributed by atoms with Gasteiger partial charge in [-0.3, -0.25) is 9.59 Å². The fourth-order valence-corrected chi connectivity index (χ4v) is 2.84. The van der Waals surface area contributed by atoms with Gasteiger partial charge in [0.25, 0.3) is 0 Å². The van der Waals surface area contributed by atoms with Gasteiger partial charge in [-0.15, -0.1) is 0 Å². The molecule has 104 valence electrons. The van der Waals surface area contributed by atoms with Crippen LogP contribution in [0.25, 0.3) is 5.76 Å². The lowest BCUT2D eigenvalue weighted by atomic mass is 9.86. The number of rotatable bonds is 2. The maximum Gasteiger partial charge on any atom is 0.234 e. The largest absolute Gasteiger partial charge is 0.507 e. The number of benzene rings is 2. The van der Waals surface area contributed by atoms with Crippen LogP contribution in [0.3, 0.4) is 0 Å². The molecule has 1 aliphatic carbocycles. The van der Waals surface area contributed by atoms with Crippen molar-refractivity contribution in [2.75, 3.05) is 0 Å². The number of carbonyl (C=O) groups excluding carboxylic acids is 2. The summed E-state index contributed by atoms with van der Waals surface area (Å²) in [4.78, 5) is 24.4. The van der Waals surface area contributed by atoms with Crippen molar-refractivity contribution >= 4 is 33.3 Å². The van der Waals surface area contributed by atoms with Crippen molar-refractivity contribution in [1.29, 1.82) is 0 Å². The number of hydrogen-bond donors (Lipinski definition) is 1. The van der Waals surface area contributed by atoms with Crippen molar-refractivity contribution in [3.8, 4) is 0 Å². The van der Waals surface area contributed by atoms with Crippen molar-refractivity contribution in [2.45, 2.75) is 6.42 Å². The highest BCUT2D eigenvalue weighted by Gasteiger charge is 2.32. The number of fused-ring (bicyclic) bond motifs is 1. The van der Waals surface area contributed by atoms with Crippen LogP contribution in [0.4, 0.5) is 0 Å². The molecule has 0 spiro atoms. The van der Waals surface area contributed by atoms with Crippen LogP contribution < -0.4 is 0 Å². The number of allylic oxidation sites excluding steroid dienone is 1. The molecule has 0 saturated heterocycles. The molecule has 0 saturated carbocycles. The Labute approximate surface area is 130 Å². The number of ketones is 2. The summed E-state index contributed by atoms with van der Waals surface area (Å²) in [5.74, 6) is -1.31. The van der Waals surface area contributed by atoms with E-state index in [1.54, 1.807) is 24.3 Å². The fraction of sp³-hybridized carbons (Fsp3) is 0.0588. The van der Waals surface area contributed by atoms with Gasteiger partial charge in [-0.05, 0) is 11.6 Å². The van der Waals surface area contributed by atoms with Gasteiger partial charge in [-0.1, -0.05) is 58.4 Å². The third-order valence-electron chi connectivity index (χ3n) is 3.52. The molecule has 21 heavy (non-hydrogen) atoms. The first-order chi connectivity index (χ1) is 10.1. The lowest BCUT2D eigenvalue weighted by Crippen LogP contribution is -2.25. The average molecular weight is 343 g/mol. The van der Waals surface area contributed by atoms with Crippen LogP contribution >= 0.6 is 15.9 Å². The van der Waals surface area contributed by atoms with Gasteiger partial charge < -0.3 is 5.11 Å². The maximum atomic E-state index is 12.2. The van der Waals surface area contributed by atoms with E-state index in [-0.39, 0.29) is 23.3 Å². The topological polar surface area (TPSA) is 54.4 Å². The zero-order valence-electron chi connectivity index (χ0n) is 11.0. The highest BCUT2D eigenvalue weighted by Crippen LogP contribution is 2.30. The predicted octanol–water partition coefficient (Wildman–Crippen LogP) is 3.73. The van der Waals surface area contributed by atoms with Crippen LogP contribution in [0.5, 0.6) is 0 Å². The molecule has 1 aliphatic rings. The molecule has 0 aliphatic heterocycles. The van der Waals surface area contributed by atoms with Crippen LogP contribution in [0.15, 0.2) is 58.6 Å². The van der Waals surface area contributed by atoms with E-state index in [1.165, 1.54) is 0 Å². The Hall–Kier alpha value is -2.20. The minimum Gasteiger partial charge on any atom is -0.507 e. The second kappa shape index (κ2) is 5.30. The zero-order chi connectivity index (χ0) is 15.0. The Morgan fingerprint density at radius 2 is 1.48 bits per heavy atom. The van der Waals surface area contributed by atoms with E-state index in [4.69, 9.17) is 0 Å². The smallest absolute Gasteiger partial charge is 0.234 e. The van der Waals surface area contributed by atoms with Gasteiger partial charge in [0.05, 0.1) is 5.57 Å². The molecule has 0 bridgehead atoms. The Kier molecular flexibility index (Phi) is 3.47. The summed E-state index contributed by atoms with van der Waals surface area (Å²) in [5.41, 5.74) is 1.67. The van der Waals surface area contributed by atoms with Crippen molar-refractivity contribution in [3.63, 3.8) is 0 Å². The average Bonchev–Trinajstić information content (AvgIpc) is 2.51. The molecule has 4 heteroatoms. The quantitative estimate of drug-likeness (QED) is 0.846. The van der Waals surface area contributed by atoms with E-state index >= 15 is 0 Å². The number of hydrogen-bond acceptors (Lipinski definition) is 3. The van der Waals surface area contributed by atoms with Crippen LogP contribution in [0, 0.1) is 0 Å². The summed E-state index contributed by atoms with van der Waals surface area (Å²) in [7, 11) is 0. The predicted molar refractivity (Wildman–Crippen MR) is 83.2 cm³/mol. The molecular weight excluding hydrogens is 332 g/mol. The van der Waals surface area contributed by atoms with Crippen molar-refractivity contribution in [2.24, 2.45) is 0 Å². The Balaban J connectivity index is 2.12. The summed E-state index contributed by atoms with van der Waals surface area (Å²) in [6.45, 7) is 0. The first-order valence-electron chi connectivity index (χ1n) is 6.43. The molecule has 1 N–H and O–H groups in total. The van der Waals surface area contributed by atoms with E-state index in [9.17, 15) is 14.7 Å². The second-order valence-corrected chi connectivity index (χ2v) is 5.65. The van der Waals surface area contributed by atoms with Gasteiger partial charge in [0.15, 0.2) is 0 Å². The Morgan fingerprint density at radius 1 is 0.857 bits per heavy atom. The molecule has 0 radical (unpaired) electrons. The molecule has 2 aromatic carbocycles. The lowest BCUT2D eigenvalue weighted by Gasteiger charge is -2.18. The first-order valence-corrected chi connectivity index (χ1v) is 7.23. The normalized spacial score (nSPS) is 14.3. The first kappa shape index (κ1) is 13.8. The number of carbonyl (C=O) groups is 2. The minimum atomic E-state index is -0.637. The molecule has 0 heterocycles. The molecule has 2 aromatic rings. The van der Waals surface area contributed by atoms with Gasteiger partial charge in [-0.25, -0.2) is 0 Å². The molecule has 0 aromatic heterocycles. The van der Waals surface area contributed by atoms with E-state index in [0.717, 1.165) is 10.0 Å². The molecule has 0 fully saturated rings. The van der Waals surface area contributed by atoms with Crippen LogP contribution in [0.1, 0.15) is 21.5 Å². The van der Waals surface area contributed by atoms with Crippen LogP contribution in [-0.2, 0) is 11.2 Å². The number of Topliss-reactive ketones (excluding diaryl/α,β-unsaturated/α-hetero) is 2. The van der Waals surface area contributed by atoms with Crippen molar-refractivity contribution in [1.82, 2.24) is 0 Å². The molecule has 0 amide bonds. The van der Waals surface area contributed by atoms with E-state index in [1.807, 2.05) is 24.3 Å². The van der Waals surface area contributed by atoms with Crippen molar-refractivity contribution in [3.05, 3.63) is 75.3 Å². The number of aliphatic hydroxyl groups is 1. The fourth-order valence-electron chi connectivity index (χ4n) is 2.41. The Morgan fingerprint density at radius 3 is 2.19 bits per heavy atom. The van der Waals surface area contributed by atoms with Crippen LogP contribution in [0.2, 0.25) is 0 Å². The third kappa shape index (κ3) is 2.32. The highest BCUT2D eigenvalue weighted by atomic mass is 79.9. The third-order valence-corrected chi connectivity index (χ3v) is 4.29. The van der Waals surface area contributed by atoms with Gasteiger partial charge in [0, 0.05) is 22.0 Å². The summed E-state index contributed by atoms with van der Waals surface area (Å²) in [5, 5.41) is 10.4. The molecule has 3 rings (SSSR count). The van der Waals surface area contributed by atoms with Crippen molar-refractivity contribution < 1.29 is 14.7 Å². The SMILES string of the molecule is O=C1C(=O)c2ccccc2C(O)=C1Cc1ccccc1Br. The molecule has 0 atom stereocenters. The van der Waals surface area contributed by atoms with Crippen LogP contribution in [-0.4, -0.2) is 16.7 Å². The summed E-state index contributed by atoms with van der Waals surface area (Å²) >= 11 is 3.41. The molecular formula is C17H11BrO3. The zero-order valence-corrected chi connectivity index (χ0v) is 12.6. The van der Waals surface area contributed by atoms with Gasteiger partial charge in [0.1, 0.15) is 5.76 Å². The minimum absolute atomic E-state index is 0.106. The highest BCUT2D eigenvalue weighted by molar-refractivity contribution is 9.10. The monoisotopic (exact) mass is 342 g/mol. The number of aliphatic hydroxyl groups excluding tert-OH is 1. The van der Waals surface area contributed by atoms with Gasteiger partial charge in [-0.2, -0.15) is 0 Å². The molecule has 3 nitrogen and oxygen atoms in total. The lowest BCUT2D eigenvalue weighted by molar-refractivity contribution is -0.112. The second-order valence-electron chi connectivity index (χ2n) is 4.80. The summed E-state index contributed by atoms with van der Waals surface area (Å²) in [6, 6.07) is 14.0. The molecule has 0 unspecified atom stereocenters. The van der Waals surface area contributed by atoms with Gasteiger partial charge in [0.2, 0.25) is 11.6 Å². The maximum absolute atomic E-state index is 12.2. The summed E-state index contributed by atoms with van der Waals surface area (Å²) in [6.07, 6.45) is 0.214. The van der Waals surface area contributed by atoms with E-state index < -0.39 is 11.6 Å². The van der Waals surface area contributed by atoms with E-state index in [2.05, 4.69) is 15.9 Å². The summed E-state index contributed by atoms with van der Waals surface area (Å²) < 4.78 is 0.837. The Bertz CT molecular complexity index is 790. The van der Waals surface area contributed by atoms with E-state index in [0.29, 0.717) is 5.56 Å².